The molecule has 0 amide bonds. The molecule has 1 aliphatic rings. The predicted molar refractivity (Wildman–Crippen MR) is 100 cm³/mol. The fraction of sp³-hybridized carbons (Fsp3) is 0.158. The van der Waals surface area contributed by atoms with E-state index in [9.17, 15) is 4.39 Å². The molecule has 0 bridgehead atoms. The topological polar surface area (TPSA) is 78.9 Å². The van der Waals surface area contributed by atoms with Gasteiger partial charge in [-0.2, -0.15) is 4.98 Å². The molecule has 0 saturated heterocycles. The number of ether oxygens (including phenoxy) is 1. The first kappa shape index (κ1) is 17.2. The summed E-state index contributed by atoms with van der Waals surface area (Å²) >= 11 is 3.44. The van der Waals surface area contributed by atoms with Crippen molar-refractivity contribution in [2.24, 2.45) is 0 Å². The molecule has 0 spiro atoms. The van der Waals surface area contributed by atoms with Crippen LogP contribution in [0.1, 0.15) is 17.4 Å². The second kappa shape index (κ2) is 6.92. The molecule has 3 heterocycles. The molecule has 140 valence electrons. The summed E-state index contributed by atoms with van der Waals surface area (Å²) in [6, 6.07) is 13.9. The van der Waals surface area contributed by atoms with Crippen molar-refractivity contribution in [2.75, 3.05) is 0 Å². The number of aromatic nitrogens is 5. The first-order valence-corrected chi connectivity index (χ1v) is 9.36. The lowest BCUT2D eigenvalue weighted by Gasteiger charge is -2.24. The lowest BCUT2D eigenvalue weighted by molar-refractivity contribution is -0.00117. The highest BCUT2D eigenvalue weighted by Gasteiger charge is 2.28. The van der Waals surface area contributed by atoms with E-state index in [0.717, 1.165) is 15.7 Å². The highest BCUT2D eigenvalue weighted by atomic mass is 79.9. The minimum absolute atomic E-state index is 0.104. The third kappa shape index (κ3) is 3.12. The summed E-state index contributed by atoms with van der Waals surface area (Å²) in [5, 5.41) is 12.4. The molecule has 7 nitrogen and oxygen atoms in total. The molecule has 1 atom stereocenters. The SMILES string of the molecule is Fc1ccc(-c2noc(-c3nnn4c3CO[C@H](c3ccc(Br)cc3)C4)n2)cc1. The number of halogens is 2. The second-order valence-corrected chi connectivity index (χ2v) is 7.26. The van der Waals surface area contributed by atoms with Crippen molar-refractivity contribution >= 4 is 15.9 Å². The van der Waals surface area contributed by atoms with Crippen LogP contribution in [0.4, 0.5) is 4.39 Å². The predicted octanol–water partition coefficient (Wildman–Crippen LogP) is 4.17. The Bertz CT molecular complexity index is 1120. The summed E-state index contributed by atoms with van der Waals surface area (Å²) in [5.74, 6) is 0.296. The van der Waals surface area contributed by atoms with Crippen molar-refractivity contribution in [3.05, 3.63) is 70.1 Å². The Hall–Kier alpha value is -2.91. The van der Waals surface area contributed by atoms with Crippen molar-refractivity contribution < 1.29 is 13.7 Å². The van der Waals surface area contributed by atoms with E-state index in [2.05, 4.69) is 36.4 Å². The van der Waals surface area contributed by atoms with Crippen LogP contribution in [-0.4, -0.2) is 25.1 Å². The third-order valence-corrected chi connectivity index (χ3v) is 5.10. The zero-order valence-corrected chi connectivity index (χ0v) is 16.0. The van der Waals surface area contributed by atoms with Gasteiger partial charge in [0.1, 0.15) is 11.9 Å². The van der Waals surface area contributed by atoms with Crippen LogP contribution in [0.2, 0.25) is 0 Å². The molecule has 5 rings (SSSR count). The minimum atomic E-state index is -0.322. The molecular weight excluding hydrogens is 429 g/mol. The number of rotatable bonds is 3. The largest absolute Gasteiger partial charge is 0.365 e. The molecule has 4 aromatic rings. The smallest absolute Gasteiger partial charge is 0.280 e. The third-order valence-electron chi connectivity index (χ3n) is 4.57. The molecule has 0 unspecified atom stereocenters. The molecule has 0 N–H and O–H groups in total. The van der Waals surface area contributed by atoms with Gasteiger partial charge in [-0.05, 0) is 42.0 Å². The lowest BCUT2D eigenvalue weighted by Crippen LogP contribution is -2.22. The van der Waals surface area contributed by atoms with Gasteiger partial charge in [-0.25, -0.2) is 9.07 Å². The van der Waals surface area contributed by atoms with Crippen LogP contribution in [-0.2, 0) is 17.9 Å². The maximum absolute atomic E-state index is 13.1. The van der Waals surface area contributed by atoms with E-state index in [0.29, 0.717) is 30.2 Å². The summed E-state index contributed by atoms with van der Waals surface area (Å²) in [5.41, 5.74) is 3.00. The van der Waals surface area contributed by atoms with Gasteiger partial charge in [0.15, 0.2) is 5.69 Å². The minimum Gasteiger partial charge on any atom is -0.365 e. The van der Waals surface area contributed by atoms with Crippen LogP contribution in [0.25, 0.3) is 23.0 Å². The number of hydrogen-bond acceptors (Lipinski definition) is 6. The van der Waals surface area contributed by atoms with Gasteiger partial charge in [-0.15, -0.1) is 5.10 Å². The molecule has 9 heteroatoms. The van der Waals surface area contributed by atoms with E-state index in [4.69, 9.17) is 9.26 Å². The van der Waals surface area contributed by atoms with Gasteiger partial charge < -0.3 is 9.26 Å². The van der Waals surface area contributed by atoms with Crippen molar-refractivity contribution in [3.63, 3.8) is 0 Å². The van der Waals surface area contributed by atoms with E-state index in [1.807, 2.05) is 24.3 Å². The van der Waals surface area contributed by atoms with Crippen LogP contribution in [0.15, 0.2) is 57.5 Å². The zero-order chi connectivity index (χ0) is 19.1. The van der Waals surface area contributed by atoms with Gasteiger partial charge in [0.25, 0.3) is 5.89 Å². The number of nitrogens with zero attached hydrogens (tertiary/aromatic N) is 5. The summed E-state index contributed by atoms with van der Waals surface area (Å²) in [4.78, 5) is 4.37. The molecule has 0 aliphatic carbocycles. The molecule has 2 aromatic carbocycles. The van der Waals surface area contributed by atoms with Crippen molar-refractivity contribution in [1.82, 2.24) is 25.1 Å². The first-order chi connectivity index (χ1) is 13.7. The van der Waals surface area contributed by atoms with Gasteiger partial charge in [-0.1, -0.05) is 38.4 Å². The van der Waals surface area contributed by atoms with Crippen LogP contribution >= 0.6 is 15.9 Å². The molecule has 28 heavy (non-hydrogen) atoms. The van der Waals surface area contributed by atoms with E-state index < -0.39 is 0 Å². The average Bonchev–Trinajstić information content (AvgIpc) is 3.35. The molecular formula is C19H13BrFN5O2. The fourth-order valence-corrected chi connectivity index (χ4v) is 3.36. The van der Waals surface area contributed by atoms with E-state index in [-0.39, 0.29) is 17.8 Å². The highest BCUT2D eigenvalue weighted by molar-refractivity contribution is 9.10. The Balaban J connectivity index is 1.41. The maximum Gasteiger partial charge on any atom is 0.280 e. The number of hydrogen-bond donors (Lipinski definition) is 0. The highest BCUT2D eigenvalue weighted by Crippen LogP contribution is 2.31. The van der Waals surface area contributed by atoms with Crippen LogP contribution in [0.3, 0.4) is 0 Å². The van der Waals surface area contributed by atoms with Crippen molar-refractivity contribution in [2.45, 2.75) is 19.3 Å². The maximum atomic E-state index is 13.1. The van der Waals surface area contributed by atoms with E-state index >= 15 is 0 Å². The molecule has 0 fully saturated rings. The Morgan fingerprint density at radius 3 is 2.64 bits per heavy atom. The van der Waals surface area contributed by atoms with Crippen LogP contribution in [0.5, 0.6) is 0 Å². The van der Waals surface area contributed by atoms with Crippen molar-refractivity contribution in [3.8, 4) is 23.0 Å². The van der Waals surface area contributed by atoms with Gasteiger partial charge in [-0.3, -0.25) is 0 Å². The van der Waals surface area contributed by atoms with Crippen LogP contribution in [0, 0.1) is 5.82 Å². The normalized spacial score (nSPS) is 16.1. The Morgan fingerprint density at radius 2 is 1.86 bits per heavy atom. The Kier molecular flexibility index (Phi) is 4.25. The average molecular weight is 442 g/mol. The summed E-state index contributed by atoms with van der Waals surface area (Å²) in [6.07, 6.45) is -0.104. The monoisotopic (exact) mass is 441 g/mol. The zero-order valence-electron chi connectivity index (χ0n) is 14.4. The molecule has 1 aliphatic heterocycles. The Labute approximate surface area is 167 Å². The van der Waals surface area contributed by atoms with Crippen molar-refractivity contribution in [1.29, 1.82) is 0 Å². The van der Waals surface area contributed by atoms with Crippen LogP contribution < -0.4 is 0 Å². The van der Waals surface area contributed by atoms with E-state index in [1.165, 1.54) is 12.1 Å². The van der Waals surface area contributed by atoms with E-state index in [1.54, 1.807) is 16.8 Å². The van der Waals surface area contributed by atoms with Gasteiger partial charge in [0, 0.05) is 10.0 Å². The quantitative estimate of drug-likeness (QED) is 0.474. The standard InChI is InChI=1S/C19H13BrFN5O2/c20-13-5-1-11(2-6-13)16-9-26-15(10-27-16)17(23-25-26)19-22-18(24-28-19)12-3-7-14(21)8-4-12/h1-8,16H,9-10H2/t16-/m0/s1. The molecule has 0 saturated carbocycles. The second-order valence-electron chi connectivity index (χ2n) is 6.35. The fourth-order valence-electron chi connectivity index (χ4n) is 3.09. The number of fused-ring (bicyclic) bond motifs is 1. The van der Waals surface area contributed by atoms with Gasteiger partial charge >= 0.3 is 0 Å². The lowest BCUT2D eigenvalue weighted by atomic mass is 10.1. The summed E-state index contributed by atoms with van der Waals surface area (Å²) < 4.78 is 27.3. The summed E-state index contributed by atoms with van der Waals surface area (Å²) in [7, 11) is 0. The van der Waals surface area contributed by atoms with Gasteiger partial charge in [0.2, 0.25) is 5.82 Å². The molecule has 2 aromatic heterocycles. The Morgan fingerprint density at radius 1 is 1.07 bits per heavy atom. The molecule has 0 radical (unpaired) electrons. The number of benzene rings is 2. The summed E-state index contributed by atoms with van der Waals surface area (Å²) in [6.45, 7) is 0.875. The first-order valence-electron chi connectivity index (χ1n) is 8.57. The van der Waals surface area contributed by atoms with Gasteiger partial charge in [0.05, 0.1) is 18.8 Å².